The molecule has 0 spiro atoms. The third-order valence-corrected chi connectivity index (χ3v) is 1.66. The fraction of sp³-hybridized carbons (Fsp3) is 0.400. The molecule has 0 aromatic heterocycles. The Hall–Kier alpha value is -0.710. The van der Waals surface area contributed by atoms with E-state index in [-0.39, 0.29) is 5.94 Å². The third-order valence-electron chi connectivity index (χ3n) is 1.30. The number of hydrogen-bond acceptors (Lipinski definition) is 2. The molecule has 14 heavy (non-hydrogen) atoms. The van der Waals surface area contributed by atoms with Crippen molar-refractivity contribution in [2.45, 2.75) is 20.5 Å². The van der Waals surface area contributed by atoms with Crippen LogP contribution >= 0.6 is 0 Å². The van der Waals surface area contributed by atoms with Crippen LogP contribution in [0.25, 0.3) is 0 Å². The number of rotatable bonds is 4. The lowest BCUT2D eigenvalue weighted by Gasteiger charge is -2.00. The minimum absolute atomic E-state index is 0.130. The van der Waals surface area contributed by atoms with Crippen LogP contribution in [0.3, 0.4) is 0 Å². The lowest BCUT2D eigenvalue weighted by atomic mass is 10.2. The SMILES string of the molecule is CC.O=S(O)COCc1ccccc1. The van der Waals surface area contributed by atoms with Crippen LogP contribution in [0.2, 0.25) is 0 Å². The molecule has 0 radical (unpaired) electrons. The van der Waals surface area contributed by atoms with Crippen LogP contribution in [-0.2, 0) is 22.4 Å². The molecule has 0 aliphatic carbocycles. The summed E-state index contributed by atoms with van der Waals surface area (Å²) < 4.78 is 23.5. The second-order valence-corrected chi connectivity index (χ2v) is 3.15. The van der Waals surface area contributed by atoms with Gasteiger partial charge in [0.2, 0.25) is 0 Å². The molecule has 0 fully saturated rings. The van der Waals surface area contributed by atoms with Crippen LogP contribution in [0.1, 0.15) is 19.4 Å². The van der Waals surface area contributed by atoms with Crippen LogP contribution in [-0.4, -0.2) is 14.7 Å². The van der Waals surface area contributed by atoms with Gasteiger partial charge in [-0.15, -0.1) is 0 Å². The monoisotopic (exact) mass is 216 g/mol. The first kappa shape index (κ1) is 13.3. The van der Waals surface area contributed by atoms with Gasteiger partial charge in [-0.1, -0.05) is 44.2 Å². The molecule has 1 N–H and O–H groups in total. The summed E-state index contributed by atoms with van der Waals surface area (Å²) in [5.74, 6) is -0.130. The lowest BCUT2D eigenvalue weighted by molar-refractivity contribution is 0.162. The van der Waals surface area contributed by atoms with Crippen molar-refractivity contribution in [2.75, 3.05) is 5.94 Å². The summed E-state index contributed by atoms with van der Waals surface area (Å²) in [4.78, 5) is 0. The van der Waals surface area contributed by atoms with Gasteiger partial charge >= 0.3 is 0 Å². The molecule has 1 unspecified atom stereocenters. The molecule has 4 heteroatoms. The van der Waals surface area contributed by atoms with Crippen LogP contribution < -0.4 is 0 Å². The molecule has 1 aromatic rings. The van der Waals surface area contributed by atoms with Gasteiger partial charge in [0.15, 0.2) is 11.1 Å². The predicted molar refractivity (Wildman–Crippen MR) is 58.2 cm³/mol. The number of benzene rings is 1. The summed E-state index contributed by atoms with van der Waals surface area (Å²) in [5, 5.41) is 0. The van der Waals surface area contributed by atoms with Crippen LogP contribution in [0.4, 0.5) is 0 Å². The Kier molecular flexibility index (Phi) is 8.42. The molecule has 0 aliphatic heterocycles. The van der Waals surface area contributed by atoms with E-state index >= 15 is 0 Å². The van der Waals surface area contributed by atoms with E-state index in [2.05, 4.69) is 0 Å². The van der Waals surface area contributed by atoms with Crippen LogP contribution in [0.5, 0.6) is 0 Å². The van der Waals surface area contributed by atoms with E-state index in [1.807, 2.05) is 44.2 Å². The fourth-order valence-electron chi connectivity index (χ4n) is 0.805. The predicted octanol–water partition coefficient (Wildman–Crippen LogP) is 2.41. The van der Waals surface area contributed by atoms with Gasteiger partial charge in [-0.05, 0) is 5.56 Å². The molecule has 3 nitrogen and oxygen atoms in total. The molecular formula is C10H16O3S. The quantitative estimate of drug-likeness (QED) is 0.786. The molecular weight excluding hydrogens is 200 g/mol. The Balaban J connectivity index is 0.000000791. The van der Waals surface area contributed by atoms with Crippen LogP contribution in [0.15, 0.2) is 30.3 Å². The lowest BCUT2D eigenvalue weighted by Crippen LogP contribution is -2.00. The van der Waals surface area contributed by atoms with Crippen molar-refractivity contribution in [3.63, 3.8) is 0 Å². The maximum Gasteiger partial charge on any atom is 0.179 e. The Morgan fingerprint density at radius 2 is 1.86 bits per heavy atom. The molecule has 80 valence electrons. The highest BCUT2D eigenvalue weighted by molar-refractivity contribution is 7.79. The average molecular weight is 216 g/mol. The van der Waals surface area contributed by atoms with Crippen LogP contribution in [0, 0.1) is 0 Å². The zero-order valence-electron chi connectivity index (χ0n) is 8.47. The molecule has 0 saturated carbocycles. The van der Waals surface area contributed by atoms with E-state index in [0.29, 0.717) is 6.61 Å². The zero-order chi connectivity index (χ0) is 10.8. The molecule has 0 heterocycles. The maximum atomic E-state index is 10.2. The molecule has 0 amide bonds. The topological polar surface area (TPSA) is 46.5 Å². The highest BCUT2D eigenvalue weighted by Gasteiger charge is 1.94. The first-order valence-electron chi connectivity index (χ1n) is 4.48. The van der Waals surface area contributed by atoms with E-state index in [1.54, 1.807) is 0 Å². The zero-order valence-corrected chi connectivity index (χ0v) is 9.29. The van der Waals surface area contributed by atoms with Gasteiger partial charge in [-0.25, -0.2) is 4.21 Å². The third kappa shape index (κ3) is 6.77. The largest absolute Gasteiger partial charge is 0.361 e. The number of hydrogen-bond donors (Lipinski definition) is 1. The van der Waals surface area contributed by atoms with Crippen molar-refractivity contribution < 1.29 is 13.5 Å². The van der Waals surface area contributed by atoms with Gasteiger partial charge in [0.05, 0.1) is 6.61 Å². The van der Waals surface area contributed by atoms with Crippen molar-refractivity contribution in [1.29, 1.82) is 0 Å². The van der Waals surface area contributed by atoms with E-state index in [4.69, 9.17) is 9.29 Å². The molecule has 0 saturated heterocycles. The van der Waals surface area contributed by atoms with E-state index < -0.39 is 11.1 Å². The highest BCUT2D eigenvalue weighted by atomic mass is 32.2. The van der Waals surface area contributed by atoms with Crippen molar-refractivity contribution in [3.05, 3.63) is 35.9 Å². The Morgan fingerprint density at radius 3 is 2.36 bits per heavy atom. The second-order valence-electron chi connectivity index (χ2n) is 2.27. The van der Waals surface area contributed by atoms with E-state index in [0.717, 1.165) is 5.56 Å². The van der Waals surface area contributed by atoms with Crippen molar-refractivity contribution in [1.82, 2.24) is 0 Å². The normalized spacial score (nSPS) is 11.4. The Bertz CT molecular complexity index is 249. The highest BCUT2D eigenvalue weighted by Crippen LogP contribution is 2.00. The minimum Gasteiger partial charge on any atom is -0.361 e. The van der Waals surface area contributed by atoms with Gasteiger partial charge in [-0.2, -0.15) is 0 Å². The van der Waals surface area contributed by atoms with Gasteiger partial charge in [-0.3, -0.25) is 0 Å². The molecule has 1 atom stereocenters. The summed E-state index contributed by atoms with van der Waals surface area (Å²) in [7, 11) is 0. The fourth-order valence-corrected chi connectivity index (χ4v) is 1.03. The first-order valence-corrected chi connectivity index (χ1v) is 5.76. The van der Waals surface area contributed by atoms with E-state index in [1.165, 1.54) is 0 Å². The number of ether oxygens (including phenoxy) is 1. The Morgan fingerprint density at radius 1 is 1.29 bits per heavy atom. The Labute approximate surface area is 87.4 Å². The molecule has 0 bridgehead atoms. The molecule has 1 aromatic carbocycles. The molecule has 0 aliphatic rings. The van der Waals surface area contributed by atoms with Crippen molar-refractivity contribution in [2.24, 2.45) is 0 Å². The van der Waals surface area contributed by atoms with Gasteiger partial charge in [0.1, 0.15) is 5.94 Å². The van der Waals surface area contributed by atoms with E-state index in [9.17, 15) is 4.21 Å². The van der Waals surface area contributed by atoms with Crippen molar-refractivity contribution >= 4 is 11.1 Å². The van der Waals surface area contributed by atoms with Crippen molar-refractivity contribution in [3.8, 4) is 0 Å². The average Bonchev–Trinajstić information content (AvgIpc) is 2.22. The van der Waals surface area contributed by atoms with Gasteiger partial charge < -0.3 is 9.29 Å². The summed E-state index contributed by atoms with van der Waals surface area (Å²) in [6.07, 6.45) is 0. The van der Waals surface area contributed by atoms with Gasteiger partial charge in [0.25, 0.3) is 0 Å². The summed E-state index contributed by atoms with van der Waals surface area (Å²) >= 11 is -1.86. The summed E-state index contributed by atoms with van der Waals surface area (Å²) in [5.41, 5.74) is 1.00. The maximum absolute atomic E-state index is 10.2. The second kappa shape index (κ2) is 8.87. The van der Waals surface area contributed by atoms with Gasteiger partial charge in [0, 0.05) is 0 Å². The smallest absolute Gasteiger partial charge is 0.179 e. The summed E-state index contributed by atoms with van der Waals surface area (Å²) in [6.45, 7) is 4.38. The standard InChI is InChI=1S/C8H10O3S.C2H6/c9-12(10)7-11-6-8-4-2-1-3-5-8;1-2/h1-5H,6-7H2,(H,9,10);1-2H3. The summed E-state index contributed by atoms with van der Waals surface area (Å²) in [6, 6.07) is 9.51. The first-order chi connectivity index (χ1) is 6.79. The minimum atomic E-state index is -1.86. The molecule has 1 rings (SSSR count).